The minimum absolute atomic E-state index is 0.0358. The van der Waals surface area contributed by atoms with E-state index in [0.29, 0.717) is 5.02 Å². The highest BCUT2D eigenvalue weighted by atomic mass is 35.5. The van der Waals surface area contributed by atoms with Crippen molar-refractivity contribution in [2.75, 3.05) is 19.4 Å². The number of fused-ring (bicyclic) bond motifs is 4. The van der Waals surface area contributed by atoms with E-state index < -0.39 is 0 Å². The normalized spacial score (nSPS) is 16.2. The van der Waals surface area contributed by atoms with Crippen molar-refractivity contribution in [1.29, 1.82) is 0 Å². The highest BCUT2D eigenvalue weighted by molar-refractivity contribution is 7.19. The van der Waals surface area contributed by atoms with Gasteiger partial charge in [-0.15, -0.1) is 11.3 Å². The minimum Gasteiger partial charge on any atom is -0.349 e. The number of halogens is 1. The highest BCUT2D eigenvalue weighted by Crippen LogP contribution is 2.41. The first-order valence-electron chi connectivity index (χ1n) is 9.37. The fourth-order valence-corrected chi connectivity index (χ4v) is 5.41. The molecule has 0 saturated carbocycles. The summed E-state index contributed by atoms with van der Waals surface area (Å²) in [5, 5.41) is 9.20. The topological polar surface area (TPSA) is 75.4 Å². The molecule has 148 valence electrons. The molecule has 0 bridgehead atoms. The van der Waals surface area contributed by atoms with Crippen LogP contribution < -0.4 is 5.32 Å². The average molecular weight is 427 g/mol. The van der Waals surface area contributed by atoms with Crippen LogP contribution in [0, 0.1) is 5.92 Å². The first-order valence-corrected chi connectivity index (χ1v) is 10.6. The molecular formula is C20H19ClN6OS. The SMILES string of the molecule is CN(C)C(=O)[C@H]1CCc2c(sc3ncnc(Nc4cc5ccnn5cc4Cl)c23)C1. The molecule has 0 aromatic carbocycles. The second-order valence-electron chi connectivity index (χ2n) is 7.44. The predicted molar refractivity (Wildman–Crippen MR) is 115 cm³/mol. The van der Waals surface area contributed by atoms with Crippen LogP contribution in [-0.2, 0) is 17.6 Å². The quantitative estimate of drug-likeness (QED) is 0.537. The Morgan fingerprint density at radius 2 is 2.24 bits per heavy atom. The van der Waals surface area contributed by atoms with Crippen molar-refractivity contribution in [1.82, 2.24) is 24.5 Å². The van der Waals surface area contributed by atoms with Gasteiger partial charge in [0, 0.05) is 37.3 Å². The van der Waals surface area contributed by atoms with Gasteiger partial charge in [-0.2, -0.15) is 5.10 Å². The molecule has 0 spiro atoms. The van der Waals surface area contributed by atoms with Gasteiger partial charge < -0.3 is 10.2 Å². The fraction of sp³-hybridized carbons (Fsp3) is 0.300. The summed E-state index contributed by atoms with van der Waals surface area (Å²) in [7, 11) is 3.63. The number of amides is 1. The van der Waals surface area contributed by atoms with Crippen molar-refractivity contribution in [3.63, 3.8) is 0 Å². The van der Waals surface area contributed by atoms with Crippen LogP contribution in [0.1, 0.15) is 16.9 Å². The van der Waals surface area contributed by atoms with E-state index in [0.717, 1.165) is 46.5 Å². The molecule has 0 radical (unpaired) electrons. The molecule has 0 saturated heterocycles. The van der Waals surface area contributed by atoms with Crippen LogP contribution >= 0.6 is 22.9 Å². The number of hydrogen-bond acceptors (Lipinski definition) is 6. The highest BCUT2D eigenvalue weighted by Gasteiger charge is 2.29. The van der Waals surface area contributed by atoms with Crippen molar-refractivity contribution < 1.29 is 4.79 Å². The lowest BCUT2D eigenvalue weighted by Gasteiger charge is -2.24. The maximum Gasteiger partial charge on any atom is 0.225 e. The Kier molecular flexibility index (Phi) is 4.40. The summed E-state index contributed by atoms with van der Waals surface area (Å²) < 4.78 is 1.73. The van der Waals surface area contributed by atoms with Gasteiger partial charge in [0.2, 0.25) is 5.91 Å². The second-order valence-corrected chi connectivity index (χ2v) is 8.93. The standard InChI is InChI=1S/C20H19ClN6OS/c1-26(2)20(28)11-3-4-13-16(7-11)29-19-17(13)18(22-10-23-19)25-15-8-12-5-6-24-27(12)9-14(15)21/h5-6,8-11H,3-4,7H2,1-2H3,(H,22,23,25)/t11-/m0/s1. The van der Waals surface area contributed by atoms with Crippen LogP contribution in [-0.4, -0.2) is 44.5 Å². The zero-order chi connectivity index (χ0) is 20.1. The summed E-state index contributed by atoms with van der Waals surface area (Å²) in [4.78, 5) is 25.3. The average Bonchev–Trinajstić information content (AvgIpc) is 3.30. The number of carbonyl (C=O) groups excluding carboxylic acids is 1. The minimum atomic E-state index is 0.0358. The van der Waals surface area contributed by atoms with E-state index in [1.807, 2.05) is 26.2 Å². The van der Waals surface area contributed by atoms with Crippen molar-refractivity contribution in [2.45, 2.75) is 19.3 Å². The number of pyridine rings is 1. The van der Waals surface area contributed by atoms with E-state index in [2.05, 4.69) is 20.4 Å². The monoisotopic (exact) mass is 426 g/mol. The number of carbonyl (C=O) groups is 1. The number of nitrogens with one attached hydrogen (secondary N) is 1. The summed E-state index contributed by atoms with van der Waals surface area (Å²) >= 11 is 8.11. The van der Waals surface area contributed by atoms with E-state index in [9.17, 15) is 4.79 Å². The lowest BCUT2D eigenvalue weighted by Crippen LogP contribution is -2.32. The number of thiophene rings is 1. The molecule has 1 N–H and O–H groups in total. The fourth-order valence-electron chi connectivity index (χ4n) is 3.94. The Morgan fingerprint density at radius 1 is 1.38 bits per heavy atom. The van der Waals surface area contributed by atoms with Crippen LogP contribution in [0.4, 0.5) is 11.5 Å². The van der Waals surface area contributed by atoms with E-state index in [4.69, 9.17) is 11.6 Å². The van der Waals surface area contributed by atoms with Crippen molar-refractivity contribution in [2.24, 2.45) is 5.92 Å². The van der Waals surface area contributed by atoms with E-state index in [1.165, 1.54) is 10.4 Å². The maximum atomic E-state index is 12.4. The van der Waals surface area contributed by atoms with Gasteiger partial charge in [-0.25, -0.2) is 14.5 Å². The zero-order valence-corrected chi connectivity index (χ0v) is 17.6. The van der Waals surface area contributed by atoms with Gasteiger partial charge in [-0.1, -0.05) is 11.6 Å². The molecule has 5 rings (SSSR count). The van der Waals surface area contributed by atoms with Gasteiger partial charge in [0.1, 0.15) is 17.0 Å². The third-order valence-corrected chi connectivity index (χ3v) is 6.84. The number of aromatic nitrogens is 4. The smallest absolute Gasteiger partial charge is 0.225 e. The molecule has 1 atom stereocenters. The van der Waals surface area contributed by atoms with Gasteiger partial charge in [0.25, 0.3) is 0 Å². The summed E-state index contributed by atoms with van der Waals surface area (Å²) in [6.45, 7) is 0. The summed E-state index contributed by atoms with van der Waals surface area (Å²) in [5.74, 6) is 0.975. The second kappa shape index (κ2) is 6.96. The van der Waals surface area contributed by atoms with E-state index >= 15 is 0 Å². The van der Waals surface area contributed by atoms with Gasteiger partial charge in [-0.05, 0) is 37.0 Å². The lowest BCUT2D eigenvalue weighted by atomic mass is 9.87. The zero-order valence-electron chi connectivity index (χ0n) is 16.0. The molecule has 0 fully saturated rings. The van der Waals surface area contributed by atoms with Crippen molar-refractivity contribution in [3.05, 3.63) is 46.3 Å². The maximum absolute atomic E-state index is 12.4. The van der Waals surface area contributed by atoms with Crippen LogP contribution in [0.5, 0.6) is 0 Å². The van der Waals surface area contributed by atoms with Gasteiger partial charge >= 0.3 is 0 Å². The third kappa shape index (κ3) is 3.12. The predicted octanol–water partition coefficient (Wildman–Crippen LogP) is 3.93. The summed E-state index contributed by atoms with van der Waals surface area (Å²) in [6.07, 6.45) is 7.52. The van der Waals surface area contributed by atoms with Crippen LogP contribution in [0.25, 0.3) is 15.7 Å². The Morgan fingerprint density at radius 3 is 3.07 bits per heavy atom. The molecule has 4 aromatic heterocycles. The number of anilines is 2. The number of nitrogens with zero attached hydrogens (tertiary/aromatic N) is 5. The molecule has 4 heterocycles. The molecule has 0 unspecified atom stereocenters. The summed E-state index contributed by atoms with van der Waals surface area (Å²) in [5.41, 5.74) is 2.97. The van der Waals surface area contributed by atoms with Crippen LogP contribution in [0.15, 0.2) is 30.9 Å². The first kappa shape index (κ1) is 18.3. The van der Waals surface area contributed by atoms with Gasteiger partial charge in [0.15, 0.2) is 0 Å². The number of aryl methyl sites for hydroxylation is 1. The van der Waals surface area contributed by atoms with E-state index in [1.54, 1.807) is 39.5 Å². The molecule has 1 aliphatic rings. The molecule has 7 nitrogen and oxygen atoms in total. The largest absolute Gasteiger partial charge is 0.349 e. The van der Waals surface area contributed by atoms with Gasteiger partial charge in [0.05, 0.1) is 21.6 Å². The molecule has 1 amide bonds. The molecular weight excluding hydrogens is 408 g/mol. The Bertz CT molecular complexity index is 1250. The Hall–Kier alpha value is -2.71. The molecule has 4 aromatic rings. The van der Waals surface area contributed by atoms with Crippen LogP contribution in [0.2, 0.25) is 5.02 Å². The molecule has 0 aliphatic heterocycles. The molecule has 29 heavy (non-hydrogen) atoms. The van der Waals surface area contributed by atoms with Crippen molar-refractivity contribution in [3.8, 4) is 0 Å². The number of rotatable bonds is 3. The number of hydrogen-bond donors (Lipinski definition) is 1. The third-order valence-electron chi connectivity index (χ3n) is 5.37. The Balaban J connectivity index is 1.54. The van der Waals surface area contributed by atoms with Gasteiger partial charge in [-0.3, -0.25) is 4.79 Å². The summed E-state index contributed by atoms with van der Waals surface area (Å²) in [6, 6.07) is 3.87. The van der Waals surface area contributed by atoms with Crippen molar-refractivity contribution >= 4 is 56.1 Å². The van der Waals surface area contributed by atoms with E-state index in [-0.39, 0.29) is 11.8 Å². The molecule has 1 aliphatic carbocycles. The lowest BCUT2D eigenvalue weighted by molar-refractivity contribution is -0.133. The first-order chi connectivity index (χ1) is 14.0. The Labute approximate surface area is 176 Å². The molecule has 9 heteroatoms. The van der Waals surface area contributed by atoms with Crippen LogP contribution in [0.3, 0.4) is 0 Å².